The predicted molar refractivity (Wildman–Crippen MR) is 195 cm³/mol. The van der Waals surface area contributed by atoms with Gasteiger partial charge < -0.3 is 10.1 Å². The smallest absolute Gasteiger partial charge is 0.150 e. The van der Waals surface area contributed by atoms with Gasteiger partial charge in [0, 0.05) is 26.3 Å². The van der Waals surface area contributed by atoms with Crippen molar-refractivity contribution in [1.29, 1.82) is 0 Å². The summed E-state index contributed by atoms with van der Waals surface area (Å²) in [5.41, 5.74) is 7.20. The Morgan fingerprint density at radius 1 is 0.760 bits per heavy atom. The number of fused-ring (bicyclic) bond motifs is 4. The van der Waals surface area contributed by atoms with Crippen molar-refractivity contribution in [3.05, 3.63) is 156 Å². The average Bonchev–Trinajstić information content (AvgIpc) is 3.46. The zero-order valence-corrected chi connectivity index (χ0v) is 30.4. The summed E-state index contributed by atoms with van der Waals surface area (Å²) >= 11 is 0. The molecule has 2 aromatic heterocycles. The minimum atomic E-state index is -0.699. The standard InChI is InChI=1S/C24H22N.C19H12F2N2O.Ir/c1-15(2)22-14-18-9-10-25-24(19-12-16(3)11-17(4)13-19)23(18)21-8-6-5-7-20(21)22;20-13-7-5-8-14(21)18(13)23-16-10-3-2-9-15(16)22-19(23)12-6-1-4-11-17(12)24;/h5-12,14-15H,1-4H3;1-11,24H;/q-1;;. The van der Waals surface area contributed by atoms with Crippen LogP contribution in [-0.2, 0) is 20.1 Å². The van der Waals surface area contributed by atoms with Gasteiger partial charge in [-0.15, -0.1) is 34.9 Å². The van der Waals surface area contributed by atoms with Crippen molar-refractivity contribution < 1.29 is 34.0 Å². The van der Waals surface area contributed by atoms with Crippen molar-refractivity contribution in [2.75, 3.05) is 0 Å². The molecule has 1 radical (unpaired) electrons. The fourth-order valence-corrected chi connectivity index (χ4v) is 6.58. The van der Waals surface area contributed by atoms with Crippen LogP contribution in [0.5, 0.6) is 5.75 Å². The molecule has 0 unspecified atom stereocenters. The number of benzene rings is 6. The number of para-hydroxylation sites is 4. The van der Waals surface area contributed by atoms with E-state index >= 15 is 0 Å². The van der Waals surface area contributed by atoms with Crippen molar-refractivity contribution in [2.24, 2.45) is 0 Å². The maximum Gasteiger partial charge on any atom is 0.150 e. The van der Waals surface area contributed by atoms with Crippen LogP contribution in [0.25, 0.3) is 60.9 Å². The summed E-state index contributed by atoms with van der Waals surface area (Å²) in [6.07, 6.45) is 1.92. The molecule has 0 bridgehead atoms. The van der Waals surface area contributed by atoms with Crippen molar-refractivity contribution in [3.63, 3.8) is 0 Å². The first-order valence-electron chi connectivity index (χ1n) is 16.2. The number of phenolic OH excluding ortho intramolecular Hbond substituents is 1. The number of pyridine rings is 1. The number of aromatic nitrogens is 3. The second kappa shape index (κ2) is 14.3. The molecule has 1 N–H and O–H groups in total. The maximum absolute atomic E-state index is 14.4. The second-order valence-electron chi connectivity index (χ2n) is 12.5. The van der Waals surface area contributed by atoms with Gasteiger partial charge >= 0.3 is 0 Å². The molecule has 0 fully saturated rings. The zero-order valence-electron chi connectivity index (χ0n) is 28.0. The van der Waals surface area contributed by atoms with E-state index in [0.29, 0.717) is 22.5 Å². The monoisotopic (exact) mass is 839 g/mol. The molecule has 251 valence electrons. The molecule has 0 aliphatic rings. The molecule has 7 heteroatoms. The molecule has 0 saturated heterocycles. The van der Waals surface area contributed by atoms with Crippen LogP contribution >= 0.6 is 0 Å². The number of imidazole rings is 1. The molecule has 0 saturated carbocycles. The van der Waals surface area contributed by atoms with Crippen LogP contribution in [-0.4, -0.2) is 19.6 Å². The Morgan fingerprint density at radius 2 is 1.44 bits per heavy atom. The first-order chi connectivity index (χ1) is 23.7. The topological polar surface area (TPSA) is 50.9 Å². The molecule has 6 aromatic carbocycles. The number of phenols is 1. The predicted octanol–water partition coefficient (Wildman–Crippen LogP) is 11.3. The first kappa shape index (κ1) is 34.6. The Balaban J connectivity index is 0.000000170. The molecule has 0 spiro atoms. The minimum absolute atomic E-state index is 0. The van der Waals surface area contributed by atoms with Crippen LogP contribution in [0.3, 0.4) is 0 Å². The van der Waals surface area contributed by atoms with Gasteiger partial charge in [0.2, 0.25) is 0 Å². The van der Waals surface area contributed by atoms with Crippen LogP contribution < -0.4 is 0 Å². The Kier molecular flexibility index (Phi) is 9.92. The van der Waals surface area contributed by atoms with Crippen LogP contribution in [0.1, 0.15) is 36.5 Å². The number of nitrogens with zero attached hydrogens (tertiary/aromatic N) is 3. The van der Waals surface area contributed by atoms with Crippen LogP contribution in [0.15, 0.2) is 121 Å². The fraction of sp³-hybridized carbons (Fsp3) is 0.116. The van der Waals surface area contributed by atoms with Crippen LogP contribution in [0.2, 0.25) is 0 Å². The van der Waals surface area contributed by atoms with Crippen molar-refractivity contribution >= 4 is 32.6 Å². The third kappa shape index (κ3) is 6.42. The summed E-state index contributed by atoms with van der Waals surface area (Å²) in [6, 6.07) is 38.3. The molecule has 0 aliphatic heterocycles. The summed E-state index contributed by atoms with van der Waals surface area (Å²) in [6.45, 7) is 8.74. The number of aryl methyl sites for hydroxylation is 2. The first-order valence-corrected chi connectivity index (χ1v) is 16.2. The molecule has 0 atom stereocenters. The number of halogens is 2. The molecule has 0 aliphatic carbocycles. The number of hydrogen-bond donors (Lipinski definition) is 1. The van der Waals surface area contributed by atoms with E-state index in [9.17, 15) is 13.9 Å². The van der Waals surface area contributed by atoms with Gasteiger partial charge in [0.25, 0.3) is 0 Å². The molecule has 0 amide bonds. The third-order valence-corrected chi connectivity index (χ3v) is 8.69. The van der Waals surface area contributed by atoms with Crippen LogP contribution in [0, 0.1) is 31.5 Å². The maximum atomic E-state index is 14.4. The molecule has 2 heterocycles. The summed E-state index contributed by atoms with van der Waals surface area (Å²) < 4.78 is 30.2. The summed E-state index contributed by atoms with van der Waals surface area (Å²) in [5, 5.41) is 15.2. The van der Waals surface area contributed by atoms with E-state index in [0.717, 1.165) is 16.8 Å². The normalized spacial score (nSPS) is 11.1. The van der Waals surface area contributed by atoms with Gasteiger partial charge in [0.05, 0.1) is 16.6 Å². The van der Waals surface area contributed by atoms with E-state index in [-0.39, 0.29) is 37.4 Å². The van der Waals surface area contributed by atoms with Gasteiger partial charge in [-0.3, -0.25) is 4.57 Å². The number of hydrogen-bond acceptors (Lipinski definition) is 3. The Hall–Kier alpha value is -5.23. The summed E-state index contributed by atoms with van der Waals surface area (Å²) in [7, 11) is 0. The van der Waals surface area contributed by atoms with E-state index in [4.69, 9.17) is 4.98 Å². The largest absolute Gasteiger partial charge is 0.507 e. The van der Waals surface area contributed by atoms with Crippen molar-refractivity contribution in [2.45, 2.75) is 33.6 Å². The minimum Gasteiger partial charge on any atom is -0.507 e. The van der Waals surface area contributed by atoms with E-state index in [2.05, 4.69) is 87.3 Å². The van der Waals surface area contributed by atoms with Crippen LogP contribution in [0.4, 0.5) is 8.78 Å². The SMILES string of the molecule is Cc1[c-]c(-c2nccc3cc(C(C)C)c4ccccc4c23)cc(C)c1.Oc1ccccc1-c1nc2ccccc2n1-c1c(F)cccc1F.[Ir]. The Bertz CT molecular complexity index is 2470. The van der Waals surface area contributed by atoms with E-state index < -0.39 is 11.6 Å². The average molecular weight is 839 g/mol. The third-order valence-electron chi connectivity index (χ3n) is 8.69. The van der Waals surface area contributed by atoms with Gasteiger partial charge in [-0.25, -0.2) is 13.8 Å². The quantitative estimate of drug-likeness (QED) is 0.142. The molecule has 8 aromatic rings. The van der Waals surface area contributed by atoms with Gasteiger partial charge in [0.1, 0.15) is 28.9 Å². The summed E-state index contributed by atoms with van der Waals surface area (Å²) in [5.74, 6) is -0.646. The molecule has 50 heavy (non-hydrogen) atoms. The van der Waals surface area contributed by atoms with Gasteiger partial charge in [-0.1, -0.05) is 88.4 Å². The molecular weight excluding hydrogens is 805 g/mol. The van der Waals surface area contributed by atoms with Crippen molar-refractivity contribution in [1.82, 2.24) is 14.5 Å². The van der Waals surface area contributed by atoms with E-state index in [1.54, 1.807) is 42.5 Å². The van der Waals surface area contributed by atoms with Gasteiger partial charge in [-0.05, 0) is 81.2 Å². The fourth-order valence-electron chi connectivity index (χ4n) is 6.58. The molecule has 8 rings (SSSR count). The molecular formula is C43H34F2IrN3O-. The zero-order chi connectivity index (χ0) is 34.2. The van der Waals surface area contributed by atoms with E-state index in [1.165, 1.54) is 61.5 Å². The van der Waals surface area contributed by atoms with Gasteiger partial charge in [-0.2, -0.15) is 0 Å². The molecule has 4 nitrogen and oxygen atoms in total. The van der Waals surface area contributed by atoms with Crippen molar-refractivity contribution in [3.8, 4) is 34.1 Å². The second-order valence-corrected chi connectivity index (χ2v) is 12.5. The Labute approximate surface area is 303 Å². The Morgan fingerprint density at radius 3 is 2.16 bits per heavy atom. The summed E-state index contributed by atoms with van der Waals surface area (Å²) in [4.78, 5) is 9.22. The number of rotatable bonds is 4. The van der Waals surface area contributed by atoms with Gasteiger partial charge in [0.15, 0.2) is 0 Å². The number of aromatic hydroxyl groups is 1. The van der Waals surface area contributed by atoms with E-state index in [1.807, 2.05) is 6.20 Å².